The van der Waals surface area contributed by atoms with Gasteiger partial charge in [0, 0.05) is 0 Å². The normalized spacial score (nSPS) is 11.2. The lowest BCUT2D eigenvalue weighted by molar-refractivity contribution is 1.63. The van der Waals surface area contributed by atoms with Crippen molar-refractivity contribution in [3.05, 3.63) is 133 Å². The van der Waals surface area contributed by atoms with Crippen LogP contribution in [0.25, 0.3) is 6.08 Å². The Labute approximate surface area is 185 Å². The minimum atomic E-state index is -1.78. The van der Waals surface area contributed by atoms with E-state index in [0.717, 1.165) is 6.16 Å². The molecule has 29 heavy (non-hydrogen) atoms. The first kappa shape index (κ1) is 21.2. The Morgan fingerprint density at radius 1 is 0.483 bits per heavy atom. The van der Waals surface area contributed by atoms with E-state index < -0.39 is 7.26 Å². The summed E-state index contributed by atoms with van der Waals surface area (Å²) >= 11 is 0. The Hall–Kier alpha value is -2.47. The second-order valence-corrected chi connectivity index (χ2v) is 10.3. The lowest BCUT2D eigenvalue weighted by atomic mass is 10.2. The standard InChI is InChI=1S/C27H24P.BrH/c1-5-14-24(15-6-1)16-13-23-28(25-17-7-2-8-18-25,26-19-9-3-10-20-26)27-21-11-4-12-22-27;/h1-22H,23H2;1H. The van der Waals surface area contributed by atoms with Gasteiger partial charge in [0.2, 0.25) is 0 Å². The number of allylic oxidation sites excluding steroid dienone is 1. The third-order valence-electron chi connectivity index (χ3n) is 5.08. The van der Waals surface area contributed by atoms with Crippen LogP contribution in [0.3, 0.4) is 0 Å². The van der Waals surface area contributed by atoms with Gasteiger partial charge in [-0.1, -0.05) is 133 Å². The summed E-state index contributed by atoms with van der Waals surface area (Å²) in [6.45, 7) is 0. The summed E-state index contributed by atoms with van der Waals surface area (Å²) in [6, 6.07) is 43.6. The van der Waals surface area contributed by atoms with Crippen molar-refractivity contribution in [2.24, 2.45) is 0 Å². The first-order valence-electron chi connectivity index (χ1n) is 9.66. The fourth-order valence-electron chi connectivity index (χ4n) is 3.72. The predicted octanol–water partition coefficient (Wildman–Crippen LogP) is 6.27. The van der Waals surface area contributed by atoms with E-state index in [1.165, 1.54) is 21.5 Å². The van der Waals surface area contributed by atoms with Gasteiger partial charge in [0.15, 0.2) is 0 Å². The molecule has 0 saturated carbocycles. The lowest BCUT2D eigenvalue weighted by Gasteiger charge is -2.37. The first-order valence-corrected chi connectivity index (χ1v) is 11.6. The van der Waals surface area contributed by atoms with Gasteiger partial charge in [-0.3, -0.25) is 0 Å². The average molecular weight is 460 g/mol. The van der Waals surface area contributed by atoms with Gasteiger partial charge in [-0.15, -0.1) is 17.0 Å². The minimum absolute atomic E-state index is 0. The SMILES string of the molecule is Br.C(=Cc1ccccc1)C[P](c1ccccc1)(c1ccccc1)c1ccccc1. The van der Waals surface area contributed by atoms with E-state index in [9.17, 15) is 0 Å². The van der Waals surface area contributed by atoms with Crippen LogP contribution < -0.4 is 15.9 Å². The molecule has 0 atom stereocenters. The van der Waals surface area contributed by atoms with Crippen LogP contribution >= 0.6 is 24.2 Å². The molecule has 4 aromatic rings. The predicted molar refractivity (Wildman–Crippen MR) is 136 cm³/mol. The summed E-state index contributed by atoms with van der Waals surface area (Å²) < 4.78 is 0. The quantitative estimate of drug-likeness (QED) is 0.298. The summed E-state index contributed by atoms with van der Waals surface area (Å²) in [4.78, 5) is 0. The molecule has 4 rings (SSSR count). The maximum absolute atomic E-state index is 2.36. The summed E-state index contributed by atoms with van der Waals surface area (Å²) in [6.07, 6.45) is 5.61. The number of hydrogen-bond donors (Lipinski definition) is 0. The smallest absolute Gasteiger partial charge is 0.00619 e. The summed E-state index contributed by atoms with van der Waals surface area (Å²) in [5.41, 5.74) is 1.25. The monoisotopic (exact) mass is 459 g/mol. The van der Waals surface area contributed by atoms with Gasteiger partial charge < -0.3 is 0 Å². The van der Waals surface area contributed by atoms with Gasteiger partial charge in [-0.05, 0) is 34.9 Å². The van der Waals surface area contributed by atoms with Crippen molar-refractivity contribution in [2.45, 2.75) is 0 Å². The Bertz CT molecular complexity index is 916. The van der Waals surface area contributed by atoms with Crippen molar-refractivity contribution in [1.29, 1.82) is 0 Å². The molecule has 0 bridgehead atoms. The third-order valence-corrected chi connectivity index (χ3v) is 9.38. The molecule has 0 heterocycles. The van der Waals surface area contributed by atoms with Crippen molar-refractivity contribution < 1.29 is 0 Å². The van der Waals surface area contributed by atoms with E-state index >= 15 is 0 Å². The molecule has 0 saturated heterocycles. The molecule has 0 aliphatic carbocycles. The highest BCUT2D eigenvalue weighted by atomic mass is 79.9. The molecule has 0 aliphatic heterocycles. The van der Waals surface area contributed by atoms with E-state index in [1.54, 1.807) is 0 Å². The van der Waals surface area contributed by atoms with Gasteiger partial charge in [0.05, 0.1) is 0 Å². The zero-order valence-electron chi connectivity index (χ0n) is 16.3. The van der Waals surface area contributed by atoms with Crippen LogP contribution in [-0.2, 0) is 0 Å². The van der Waals surface area contributed by atoms with Crippen molar-refractivity contribution in [3.8, 4) is 0 Å². The second-order valence-electron chi connectivity index (χ2n) is 6.81. The van der Waals surface area contributed by atoms with Gasteiger partial charge >= 0.3 is 0 Å². The molecule has 1 radical (unpaired) electrons. The van der Waals surface area contributed by atoms with Crippen molar-refractivity contribution in [2.75, 3.05) is 6.16 Å². The molecule has 0 unspecified atom stereocenters. The topological polar surface area (TPSA) is 0 Å². The van der Waals surface area contributed by atoms with E-state index in [1.807, 2.05) is 0 Å². The third kappa shape index (κ3) is 4.75. The molecule has 0 amide bonds. The molecule has 0 N–H and O–H groups in total. The number of hydrogen-bond acceptors (Lipinski definition) is 0. The molecule has 0 nitrogen and oxygen atoms in total. The fourth-order valence-corrected chi connectivity index (χ4v) is 7.71. The number of benzene rings is 4. The fraction of sp³-hybridized carbons (Fsp3) is 0.0370. The van der Waals surface area contributed by atoms with Crippen molar-refractivity contribution in [3.63, 3.8) is 0 Å². The van der Waals surface area contributed by atoms with E-state index in [0.29, 0.717) is 0 Å². The molecule has 2 heteroatoms. The molecule has 0 spiro atoms. The Kier molecular flexibility index (Phi) is 7.58. The summed E-state index contributed by atoms with van der Waals surface area (Å²) in [7, 11) is -1.78. The largest absolute Gasteiger partial charge is 0.114 e. The van der Waals surface area contributed by atoms with Crippen molar-refractivity contribution in [1.82, 2.24) is 0 Å². The zero-order chi connectivity index (χ0) is 19.1. The minimum Gasteiger partial charge on any atom is -0.114 e. The Morgan fingerprint density at radius 3 is 1.21 bits per heavy atom. The Balaban J connectivity index is 0.00000240. The molecule has 4 aromatic carbocycles. The molecular formula is C27H25BrP. The van der Waals surface area contributed by atoms with Crippen LogP contribution in [0.4, 0.5) is 0 Å². The summed E-state index contributed by atoms with van der Waals surface area (Å²) in [5, 5.41) is 4.26. The maximum atomic E-state index is 2.36. The average Bonchev–Trinajstić information content (AvgIpc) is 2.79. The molecule has 0 aliphatic rings. The Morgan fingerprint density at radius 2 is 0.828 bits per heavy atom. The molecular weight excluding hydrogens is 435 g/mol. The van der Waals surface area contributed by atoms with Crippen molar-refractivity contribution >= 4 is 46.2 Å². The van der Waals surface area contributed by atoms with Gasteiger partial charge in [-0.25, -0.2) is 0 Å². The molecule has 0 aromatic heterocycles. The summed E-state index contributed by atoms with van der Waals surface area (Å²) in [5.74, 6) is 0. The van der Waals surface area contributed by atoms with Crippen LogP contribution in [0.1, 0.15) is 5.56 Å². The second kappa shape index (κ2) is 10.3. The van der Waals surface area contributed by atoms with Crippen LogP contribution in [-0.4, -0.2) is 6.16 Å². The highest BCUT2D eigenvalue weighted by Crippen LogP contribution is 2.55. The van der Waals surface area contributed by atoms with Crippen LogP contribution in [0.5, 0.6) is 0 Å². The van der Waals surface area contributed by atoms with Crippen LogP contribution in [0, 0.1) is 0 Å². The van der Waals surface area contributed by atoms with Gasteiger partial charge in [-0.2, -0.15) is 0 Å². The number of rotatable bonds is 6. The maximum Gasteiger partial charge on any atom is -0.00619 e. The lowest BCUT2D eigenvalue weighted by Crippen LogP contribution is -2.32. The van der Waals surface area contributed by atoms with Gasteiger partial charge in [0.25, 0.3) is 0 Å². The van der Waals surface area contributed by atoms with E-state index in [-0.39, 0.29) is 17.0 Å². The first-order chi connectivity index (χ1) is 13.9. The van der Waals surface area contributed by atoms with Crippen LogP contribution in [0.2, 0.25) is 0 Å². The highest BCUT2D eigenvalue weighted by molar-refractivity contribution is 8.93. The highest BCUT2D eigenvalue weighted by Gasteiger charge is 2.32. The van der Waals surface area contributed by atoms with E-state index in [2.05, 4.69) is 133 Å². The van der Waals surface area contributed by atoms with E-state index in [4.69, 9.17) is 0 Å². The van der Waals surface area contributed by atoms with Crippen LogP contribution in [0.15, 0.2) is 127 Å². The molecule has 145 valence electrons. The molecule has 0 fully saturated rings. The number of halogens is 1. The van der Waals surface area contributed by atoms with Gasteiger partial charge in [0.1, 0.15) is 0 Å². The zero-order valence-corrected chi connectivity index (χ0v) is 18.9.